The third-order valence-corrected chi connectivity index (χ3v) is 5.48. The molecule has 1 saturated heterocycles. The minimum Gasteiger partial charge on any atom is -0.462 e. The van der Waals surface area contributed by atoms with Gasteiger partial charge in [0.1, 0.15) is 6.10 Å². The van der Waals surface area contributed by atoms with E-state index in [1.165, 1.54) is 19.3 Å². The smallest absolute Gasteiger partial charge is 0.306 e. The second-order valence-corrected chi connectivity index (χ2v) is 7.29. The Balaban J connectivity index is 1.32. The lowest BCUT2D eigenvalue weighted by atomic mass is 10.2. The SMILES string of the molecule is CN=C(NCCCC(=O)OC1CCCC1)N1CCC(N2CC=CC2)C1. The van der Waals surface area contributed by atoms with Gasteiger partial charge in [0.2, 0.25) is 0 Å². The Kier molecular flexibility index (Phi) is 6.73. The standard InChI is InChI=1S/C19H32N4O2/c1-20-19(23-14-10-16(15-23)22-12-4-5-13-22)21-11-6-9-18(24)25-17-7-2-3-8-17/h4-5,16-17H,2-3,6-15H2,1H3,(H,20,21). The molecule has 2 aliphatic heterocycles. The zero-order valence-corrected chi connectivity index (χ0v) is 15.5. The molecule has 2 heterocycles. The zero-order chi connectivity index (χ0) is 17.5. The Morgan fingerprint density at radius 1 is 1.24 bits per heavy atom. The highest BCUT2D eigenvalue weighted by Gasteiger charge is 2.29. The lowest BCUT2D eigenvalue weighted by Crippen LogP contribution is -2.43. The van der Waals surface area contributed by atoms with E-state index in [0.717, 1.165) is 57.9 Å². The average Bonchev–Trinajstić information content (AvgIpc) is 3.36. The lowest BCUT2D eigenvalue weighted by Gasteiger charge is -2.25. The summed E-state index contributed by atoms with van der Waals surface area (Å²) in [6.07, 6.45) is 11.6. The van der Waals surface area contributed by atoms with Gasteiger partial charge < -0.3 is 15.0 Å². The van der Waals surface area contributed by atoms with Crippen molar-refractivity contribution < 1.29 is 9.53 Å². The van der Waals surface area contributed by atoms with Crippen molar-refractivity contribution in [3.05, 3.63) is 12.2 Å². The molecule has 3 rings (SSSR count). The molecule has 1 unspecified atom stereocenters. The number of hydrogen-bond acceptors (Lipinski definition) is 4. The summed E-state index contributed by atoms with van der Waals surface area (Å²) in [4.78, 5) is 21.1. The maximum absolute atomic E-state index is 11.9. The van der Waals surface area contributed by atoms with Crippen molar-refractivity contribution in [2.45, 2.75) is 57.1 Å². The van der Waals surface area contributed by atoms with Gasteiger partial charge in [-0.1, -0.05) is 12.2 Å². The predicted octanol–water partition coefficient (Wildman–Crippen LogP) is 1.77. The number of aliphatic imine (C=N–C) groups is 1. The predicted molar refractivity (Wildman–Crippen MR) is 99.6 cm³/mol. The normalized spacial score (nSPS) is 25.1. The molecule has 6 nitrogen and oxygen atoms in total. The molecule has 0 radical (unpaired) electrons. The van der Waals surface area contributed by atoms with Crippen molar-refractivity contribution in [2.75, 3.05) is 39.8 Å². The van der Waals surface area contributed by atoms with E-state index in [0.29, 0.717) is 12.5 Å². The fourth-order valence-electron chi connectivity index (χ4n) is 4.04. The van der Waals surface area contributed by atoms with Crippen molar-refractivity contribution >= 4 is 11.9 Å². The first-order valence-corrected chi connectivity index (χ1v) is 9.80. The first-order chi connectivity index (χ1) is 12.3. The number of carbonyl (C=O) groups is 1. The van der Waals surface area contributed by atoms with Crippen LogP contribution in [0.25, 0.3) is 0 Å². The van der Waals surface area contributed by atoms with Crippen LogP contribution in [0.3, 0.4) is 0 Å². The third-order valence-electron chi connectivity index (χ3n) is 5.48. The van der Waals surface area contributed by atoms with Gasteiger partial charge in [-0.25, -0.2) is 0 Å². The van der Waals surface area contributed by atoms with Crippen LogP contribution >= 0.6 is 0 Å². The number of rotatable bonds is 6. The first-order valence-electron chi connectivity index (χ1n) is 9.80. The van der Waals surface area contributed by atoms with Crippen LogP contribution < -0.4 is 5.32 Å². The van der Waals surface area contributed by atoms with Gasteiger partial charge >= 0.3 is 5.97 Å². The summed E-state index contributed by atoms with van der Waals surface area (Å²) in [6.45, 7) is 5.00. The number of hydrogen-bond donors (Lipinski definition) is 1. The Bertz CT molecular complexity index is 492. The number of guanidine groups is 1. The summed E-state index contributed by atoms with van der Waals surface area (Å²) in [5.41, 5.74) is 0. The van der Waals surface area contributed by atoms with E-state index in [2.05, 4.69) is 32.3 Å². The Morgan fingerprint density at radius 2 is 2.00 bits per heavy atom. The molecule has 0 aromatic carbocycles. The van der Waals surface area contributed by atoms with Crippen molar-refractivity contribution in [1.29, 1.82) is 0 Å². The number of esters is 1. The monoisotopic (exact) mass is 348 g/mol. The zero-order valence-electron chi connectivity index (χ0n) is 15.5. The summed E-state index contributed by atoms with van der Waals surface area (Å²) < 4.78 is 5.50. The molecule has 3 aliphatic rings. The molecule has 0 aromatic heterocycles. The molecule has 1 N–H and O–H groups in total. The maximum Gasteiger partial charge on any atom is 0.306 e. The molecule has 25 heavy (non-hydrogen) atoms. The van der Waals surface area contributed by atoms with Gasteiger partial charge in [-0.05, 0) is 38.5 Å². The number of nitrogens with one attached hydrogen (secondary N) is 1. The molecule has 2 fully saturated rings. The summed E-state index contributed by atoms with van der Waals surface area (Å²) in [7, 11) is 1.83. The summed E-state index contributed by atoms with van der Waals surface area (Å²) in [5.74, 6) is 0.908. The highest BCUT2D eigenvalue weighted by Crippen LogP contribution is 2.21. The van der Waals surface area contributed by atoms with E-state index in [9.17, 15) is 4.79 Å². The molecule has 0 aromatic rings. The summed E-state index contributed by atoms with van der Waals surface area (Å²) in [5, 5.41) is 3.41. The first kappa shape index (κ1) is 18.2. The van der Waals surface area contributed by atoms with Crippen LogP contribution in [0.4, 0.5) is 0 Å². The minimum atomic E-state index is -0.0496. The number of carbonyl (C=O) groups excluding carboxylic acids is 1. The summed E-state index contributed by atoms with van der Waals surface area (Å²) in [6, 6.07) is 0.620. The van der Waals surface area contributed by atoms with E-state index in [1.807, 2.05) is 7.05 Å². The van der Waals surface area contributed by atoms with E-state index >= 15 is 0 Å². The van der Waals surface area contributed by atoms with E-state index < -0.39 is 0 Å². The van der Waals surface area contributed by atoms with E-state index in [4.69, 9.17) is 4.74 Å². The Morgan fingerprint density at radius 3 is 2.72 bits per heavy atom. The second kappa shape index (κ2) is 9.22. The minimum absolute atomic E-state index is 0.0496. The second-order valence-electron chi connectivity index (χ2n) is 7.29. The highest BCUT2D eigenvalue weighted by atomic mass is 16.5. The molecule has 0 spiro atoms. The maximum atomic E-state index is 11.9. The molecule has 6 heteroatoms. The molecule has 0 bridgehead atoms. The Hall–Kier alpha value is -1.56. The molecule has 140 valence electrons. The molecular weight excluding hydrogens is 316 g/mol. The molecule has 1 aliphatic carbocycles. The lowest BCUT2D eigenvalue weighted by molar-refractivity contribution is -0.148. The van der Waals surface area contributed by atoms with Crippen molar-refractivity contribution in [3.8, 4) is 0 Å². The number of likely N-dealkylation sites (tertiary alicyclic amines) is 1. The largest absolute Gasteiger partial charge is 0.462 e. The van der Waals surface area contributed by atoms with E-state index in [-0.39, 0.29) is 12.1 Å². The number of nitrogens with zero attached hydrogens (tertiary/aromatic N) is 3. The summed E-state index contributed by atoms with van der Waals surface area (Å²) >= 11 is 0. The van der Waals surface area contributed by atoms with Crippen LogP contribution in [0.1, 0.15) is 44.9 Å². The van der Waals surface area contributed by atoms with Gasteiger partial charge in [0, 0.05) is 52.2 Å². The van der Waals surface area contributed by atoms with Crippen LogP contribution in [0.2, 0.25) is 0 Å². The van der Waals surface area contributed by atoms with Crippen molar-refractivity contribution in [3.63, 3.8) is 0 Å². The van der Waals surface area contributed by atoms with Crippen LogP contribution in [-0.2, 0) is 9.53 Å². The van der Waals surface area contributed by atoms with Crippen LogP contribution in [0.15, 0.2) is 17.1 Å². The van der Waals surface area contributed by atoms with Gasteiger partial charge in [0.25, 0.3) is 0 Å². The fourth-order valence-corrected chi connectivity index (χ4v) is 4.04. The van der Waals surface area contributed by atoms with Crippen LogP contribution in [0.5, 0.6) is 0 Å². The topological polar surface area (TPSA) is 57.2 Å². The molecule has 0 amide bonds. The average molecular weight is 348 g/mol. The fraction of sp³-hybridized carbons (Fsp3) is 0.789. The molecule has 1 saturated carbocycles. The molecular formula is C19H32N4O2. The molecule has 1 atom stereocenters. The van der Waals surface area contributed by atoms with Gasteiger partial charge in [-0.3, -0.25) is 14.7 Å². The quantitative estimate of drug-likeness (QED) is 0.261. The van der Waals surface area contributed by atoms with Crippen LogP contribution in [-0.4, -0.2) is 73.6 Å². The third kappa shape index (κ3) is 5.21. The van der Waals surface area contributed by atoms with Gasteiger partial charge in [0.05, 0.1) is 0 Å². The van der Waals surface area contributed by atoms with Gasteiger partial charge in [-0.2, -0.15) is 0 Å². The Labute approximate surface area is 151 Å². The van der Waals surface area contributed by atoms with E-state index in [1.54, 1.807) is 0 Å². The van der Waals surface area contributed by atoms with Gasteiger partial charge in [-0.15, -0.1) is 0 Å². The highest BCUT2D eigenvalue weighted by molar-refractivity contribution is 5.80. The van der Waals surface area contributed by atoms with Gasteiger partial charge in [0.15, 0.2) is 5.96 Å². The van der Waals surface area contributed by atoms with Crippen molar-refractivity contribution in [2.24, 2.45) is 4.99 Å². The van der Waals surface area contributed by atoms with Crippen molar-refractivity contribution in [1.82, 2.24) is 15.1 Å². The number of ether oxygens (including phenoxy) is 1. The van der Waals surface area contributed by atoms with Crippen LogP contribution in [0, 0.1) is 0 Å².